The van der Waals surface area contributed by atoms with Crippen LogP contribution in [0.3, 0.4) is 0 Å². The Morgan fingerprint density at radius 2 is 1.62 bits per heavy atom. The summed E-state index contributed by atoms with van der Waals surface area (Å²) in [5, 5.41) is 1.37. The largest absolute Gasteiger partial charge is 0.343 e. The van der Waals surface area contributed by atoms with E-state index in [4.69, 9.17) is 0 Å². The van der Waals surface area contributed by atoms with E-state index in [0.717, 1.165) is 52.0 Å². The summed E-state index contributed by atoms with van der Waals surface area (Å²) in [6, 6.07) is 8.90. The average molecular weight is 460 g/mol. The lowest BCUT2D eigenvalue weighted by Crippen LogP contribution is -2.53. The Hall–Kier alpha value is -1.52. The van der Waals surface area contributed by atoms with Crippen molar-refractivity contribution in [3.63, 3.8) is 0 Å². The Labute approximate surface area is 200 Å². The highest BCUT2D eigenvalue weighted by Crippen LogP contribution is 2.34. The van der Waals surface area contributed by atoms with Crippen LogP contribution >= 0.6 is 12.4 Å². The topological polar surface area (TPSA) is 28.5 Å². The van der Waals surface area contributed by atoms with Gasteiger partial charge in [0.2, 0.25) is 5.91 Å². The Bertz CT molecular complexity index is 871. The van der Waals surface area contributed by atoms with Crippen LogP contribution in [0.5, 0.6) is 0 Å². The maximum Gasteiger partial charge on any atom is 0.240 e. The molecule has 0 spiro atoms. The number of likely N-dealkylation sites (tertiary alicyclic amines) is 1. The number of halogens is 1. The third-order valence-corrected chi connectivity index (χ3v) is 7.37. The fourth-order valence-electron chi connectivity index (χ4n) is 5.61. The van der Waals surface area contributed by atoms with Crippen LogP contribution < -0.4 is 0 Å². The maximum absolute atomic E-state index is 13.6. The molecule has 5 heteroatoms. The van der Waals surface area contributed by atoms with Crippen molar-refractivity contribution in [2.75, 3.05) is 19.6 Å². The first kappa shape index (κ1) is 25.1. The number of para-hydroxylation sites is 1. The SMILES string of the molecule is CCCCCN1Cc2c(c3ccccc3n2CCCCC)C[C@@H]1C(=O)N1CCCCC1.Cl. The molecule has 4 nitrogen and oxygen atoms in total. The normalized spacial score (nSPS) is 19.1. The van der Waals surface area contributed by atoms with E-state index in [-0.39, 0.29) is 18.4 Å². The van der Waals surface area contributed by atoms with Gasteiger partial charge in [0, 0.05) is 42.8 Å². The van der Waals surface area contributed by atoms with E-state index >= 15 is 0 Å². The number of benzene rings is 1. The van der Waals surface area contributed by atoms with E-state index in [0.29, 0.717) is 5.91 Å². The highest BCUT2D eigenvalue weighted by molar-refractivity contribution is 5.88. The van der Waals surface area contributed by atoms with Crippen LogP contribution in [0, 0.1) is 0 Å². The van der Waals surface area contributed by atoms with Crippen molar-refractivity contribution < 1.29 is 4.79 Å². The zero-order valence-electron chi connectivity index (χ0n) is 20.2. The Morgan fingerprint density at radius 3 is 2.34 bits per heavy atom. The summed E-state index contributed by atoms with van der Waals surface area (Å²) in [6.07, 6.45) is 11.9. The van der Waals surface area contributed by atoms with Gasteiger partial charge >= 0.3 is 0 Å². The molecule has 0 saturated carbocycles. The monoisotopic (exact) mass is 459 g/mol. The minimum absolute atomic E-state index is 0. The molecule has 32 heavy (non-hydrogen) atoms. The fraction of sp³-hybridized carbons (Fsp3) is 0.667. The zero-order valence-corrected chi connectivity index (χ0v) is 21.0. The van der Waals surface area contributed by atoms with E-state index in [1.165, 1.54) is 67.1 Å². The van der Waals surface area contributed by atoms with Crippen molar-refractivity contribution in [1.29, 1.82) is 0 Å². The third-order valence-electron chi connectivity index (χ3n) is 7.37. The number of nitrogens with zero attached hydrogens (tertiary/aromatic N) is 3. The van der Waals surface area contributed by atoms with E-state index in [2.05, 4.69) is 52.5 Å². The van der Waals surface area contributed by atoms with Gasteiger partial charge in [-0.15, -0.1) is 12.4 Å². The van der Waals surface area contributed by atoms with Crippen LogP contribution in [0.25, 0.3) is 10.9 Å². The predicted molar refractivity (Wildman–Crippen MR) is 137 cm³/mol. The van der Waals surface area contributed by atoms with Crippen LogP contribution in [0.2, 0.25) is 0 Å². The van der Waals surface area contributed by atoms with Gasteiger partial charge in [-0.1, -0.05) is 57.7 Å². The molecule has 1 fully saturated rings. The minimum atomic E-state index is 0. The van der Waals surface area contributed by atoms with Crippen molar-refractivity contribution >= 4 is 29.2 Å². The second kappa shape index (κ2) is 12.1. The standard InChI is InChI=1S/C27H41N3O.ClH/c1-3-5-10-18-29-21-26-23(20-25(29)27(31)28-16-12-7-13-17-28)22-14-8-9-15-24(22)30(26)19-11-6-4-2;/h8-9,14-15,25H,3-7,10-13,16-21H2,1-2H3;1H/t25-;/m1./s1. The molecule has 0 N–H and O–H groups in total. The number of amides is 1. The first-order chi connectivity index (χ1) is 15.2. The van der Waals surface area contributed by atoms with E-state index in [1.54, 1.807) is 0 Å². The second-order valence-corrected chi connectivity index (χ2v) is 9.58. The number of carbonyl (C=O) groups excluding carboxylic acids is 1. The molecule has 1 amide bonds. The predicted octanol–water partition coefficient (Wildman–Crippen LogP) is 6.18. The second-order valence-electron chi connectivity index (χ2n) is 9.58. The first-order valence-electron chi connectivity index (χ1n) is 12.9. The number of fused-ring (bicyclic) bond motifs is 3. The van der Waals surface area contributed by atoms with Crippen LogP contribution in [0.4, 0.5) is 0 Å². The molecule has 2 aliphatic heterocycles. The van der Waals surface area contributed by atoms with Crippen molar-refractivity contribution in [2.24, 2.45) is 0 Å². The molecule has 2 aromatic rings. The molecule has 0 radical (unpaired) electrons. The summed E-state index contributed by atoms with van der Waals surface area (Å²) in [5.41, 5.74) is 4.27. The number of hydrogen-bond donors (Lipinski definition) is 0. The van der Waals surface area contributed by atoms with Gasteiger partial charge < -0.3 is 9.47 Å². The lowest BCUT2D eigenvalue weighted by Gasteiger charge is -2.39. The van der Waals surface area contributed by atoms with Crippen LogP contribution in [-0.4, -0.2) is 46.0 Å². The van der Waals surface area contributed by atoms with Crippen molar-refractivity contribution in [1.82, 2.24) is 14.4 Å². The van der Waals surface area contributed by atoms with Gasteiger partial charge in [-0.3, -0.25) is 9.69 Å². The number of hydrogen-bond acceptors (Lipinski definition) is 2. The van der Waals surface area contributed by atoms with E-state index < -0.39 is 0 Å². The summed E-state index contributed by atoms with van der Waals surface area (Å²) in [4.78, 5) is 18.3. The Morgan fingerprint density at radius 1 is 0.938 bits per heavy atom. The molecule has 178 valence electrons. The smallest absolute Gasteiger partial charge is 0.240 e. The van der Waals surface area contributed by atoms with Crippen molar-refractivity contribution in [2.45, 2.75) is 97.2 Å². The number of piperidine rings is 1. The van der Waals surface area contributed by atoms with Crippen molar-refractivity contribution in [3.8, 4) is 0 Å². The molecule has 1 aromatic heterocycles. The van der Waals surface area contributed by atoms with E-state index in [1.807, 2.05) is 0 Å². The van der Waals surface area contributed by atoms with Crippen LogP contribution in [0.15, 0.2) is 24.3 Å². The van der Waals surface area contributed by atoms with Crippen LogP contribution in [0.1, 0.15) is 82.9 Å². The van der Waals surface area contributed by atoms with Gasteiger partial charge in [-0.25, -0.2) is 0 Å². The highest BCUT2D eigenvalue weighted by Gasteiger charge is 2.36. The lowest BCUT2D eigenvalue weighted by atomic mass is 9.94. The van der Waals surface area contributed by atoms with Crippen molar-refractivity contribution in [3.05, 3.63) is 35.5 Å². The molecule has 4 rings (SSSR count). The zero-order chi connectivity index (χ0) is 21.6. The molecule has 1 saturated heterocycles. The Kier molecular flexibility index (Phi) is 9.48. The minimum Gasteiger partial charge on any atom is -0.343 e. The first-order valence-corrected chi connectivity index (χ1v) is 12.9. The summed E-state index contributed by atoms with van der Waals surface area (Å²) in [5.74, 6) is 0.379. The van der Waals surface area contributed by atoms with Gasteiger partial charge in [0.25, 0.3) is 0 Å². The number of aromatic nitrogens is 1. The average Bonchev–Trinajstić information content (AvgIpc) is 3.12. The number of aryl methyl sites for hydroxylation is 1. The summed E-state index contributed by atoms with van der Waals surface area (Å²) < 4.78 is 2.58. The maximum atomic E-state index is 13.6. The van der Waals surface area contributed by atoms with E-state index in [9.17, 15) is 4.79 Å². The van der Waals surface area contributed by atoms with Gasteiger partial charge in [-0.05, 0) is 56.7 Å². The lowest BCUT2D eigenvalue weighted by molar-refractivity contribution is -0.138. The quantitative estimate of drug-likeness (QED) is 0.418. The van der Waals surface area contributed by atoms with Gasteiger partial charge in [0.15, 0.2) is 0 Å². The molecule has 0 unspecified atom stereocenters. The molecule has 3 heterocycles. The van der Waals surface area contributed by atoms with Gasteiger partial charge in [0.05, 0.1) is 6.04 Å². The summed E-state index contributed by atoms with van der Waals surface area (Å²) in [7, 11) is 0. The summed E-state index contributed by atoms with van der Waals surface area (Å²) in [6.45, 7) is 9.48. The highest BCUT2D eigenvalue weighted by atomic mass is 35.5. The molecule has 1 atom stereocenters. The Balaban J connectivity index is 0.00000289. The molecule has 0 bridgehead atoms. The summed E-state index contributed by atoms with van der Waals surface area (Å²) >= 11 is 0. The molecular weight excluding hydrogens is 418 g/mol. The van der Waals surface area contributed by atoms with Gasteiger partial charge in [-0.2, -0.15) is 0 Å². The number of carbonyl (C=O) groups is 1. The molecular formula is C27H42ClN3O. The fourth-order valence-corrected chi connectivity index (χ4v) is 5.61. The molecule has 1 aromatic carbocycles. The molecule has 2 aliphatic rings. The number of rotatable bonds is 9. The third kappa shape index (κ3) is 5.34. The van der Waals surface area contributed by atoms with Gasteiger partial charge in [0.1, 0.15) is 0 Å². The van der Waals surface area contributed by atoms with Crippen LogP contribution in [-0.2, 0) is 24.3 Å². The molecule has 0 aliphatic carbocycles. The number of unbranched alkanes of at least 4 members (excludes halogenated alkanes) is 4.